The highest BCUT2D eigenvalue weighted by Gasteiger charge is 2.21. The maximum absolute atomic E-state index is 13.3. The van der Waals surface area contributed by atoms with Crippen LogP contribution >= 0.6 is 0 Å². The van der Waals surface area contributed by atoms with Crippen LogP contribution in [0.15, 0.2) is 41.3 Å². The first-order chi connectivity index (χ1) is 12.0. The van der Waals surface area contributed by atoms with Crippen molar-refractivity contribution in [1.82, 2.24) is 15.2 Å². The molecule has 0 radical (unpaired) electrons. The van der Waals surface area contributed by atoms with Gasteiger partial charge in [-0.25, -0.2) is 8.78 Å². The van der Waals surface area contributed by atoms with E-state index in [1.54, 1.807) is 6.07 Å². The minimum Gasteiger partial charge on any atom is -0.349 e. The van der Waals surface area contributed by atoms with Gasteiger partial charge in [0, 0.05) is 37.9 Å². The molecule has 7 heteroatoms. The van der Waals surface area contributed by atoms with Crippen LogP contribution in [0.3, 0.4) is 0 Å². The molecule has 25 heavy (non-hydrogen) atoms. The van der Waals surface area contributed by atoms with Crippen LogP contribution in [0.4, 0.5) is 8.78 Å². The monoisotopic (exact) mass is 347 g/mol. The van der Waals surface area contributed by atoms with Crippen LogP contribution in [0.25, 0.3) is 0 Å². The Kier molecular flexibility index (Phi) is 5.23. The zero-order valence-corrected chi connectivity index (χ0v) is 13.6. The number of likely N-dealkylation sites (tertiary alicyclic amines) is 1. The van der Waals surface area contributed by atoms with Crippen LogP contribution in [0.2, 0.25) is 0 Å². The van der Waals surface area contributed by atoms with Gasteiger partial charge in [-0.3, -0.25) is 14.5 Å². The molecule has 132 valence electrons. The van der Waals surface area contributed by atoms with E-state index in [2.05, 4.69) is 15.2 Å². The fraction of sp³-hybridized carbons (Fsp3) is 0.333. The first-order valence-corrected chi connectivity index (χ1v) is 8.17. The molecule has 1 aliphatic rings. The molecule has 0 aliphatic carbocycles. The maximum atomic E-state index is 13.3. The van der Waals surface area contributed by atoms with E-state index in [-0.39, 0.29) is 17.5 Å². The molecule has 3 rings (SSSR count). The van der Waals surface area contributed by atoms with Gasteiger partial charge in [-0.15, -0.1) is 0 Å². The van der Waals surface area contributed by atoms with Gasteiger partial charge in [0.2, 0.25) is 5.56 Å². The molecule has 1 amide bonds. The van der Waals surface area contributed by atoms with Crippen molar-refractivity contribution in [2.24, 2.45) is 0 Å². The van der Waals surface area contributed by atoms with Gasteiger partial charge in [0.1, 0.15) is 0 Å². The predicted molar refractivity (Wildman–Crippen MR) is 89.2 cm³/mol. The second-order valence-electron chi connectivity index (χ2n) is 6.21. The number of piperidine rings is 1. The van der Waals surface area contributed by atoms with E-state index < -0.39 is 11.6 Å². The summed E-state index contributed by atoms with van der Waals surface area (Å²) in [6.07, 6.45) is 2.95. The van der Waals surface area contributed by atoms with Crippen molar-refractivity contribution < 1.29 is 13.6 Å². The van der Waals surface area contributed by atoms with Crippen molar-refractivity contribution in [3.05, 3.63) is 69.6 Å². The molecule has 0 spiro atoms. The number of nitrogens with zero attached hydrogens (tertiary/aromatic N) is 1. The second kappa shape index (κ2) is 7.57. The Morgan fingerprint density at radius 3 is 2.56 bits per heavy atom. The number of carbonyl (C=O) groups excluding carboxylic acids is 1. The standard InChI is InChI=1S/C18H19F2N3O2/c19-15-3-1-12(9-16(15)20)11-23-7-5-14(6-8-23)22-18(25)13-2-4-17(24)21-10-13/h1-4,9-10,14H,5-8,11H2,(H,21,24)(H,22,25). The number of aromatic nitrogens is 1. The third-order valence-corrected chi connectivity index (χ3v) is 4.36. The van der Waals surface area contributed by atoms with Crippen LogP contribution < -0.4 is 10.9 Å². The molecule has 1 fully saturated rings. The molecule has 0 unspecified atom stereocenters. The number of rotatable bonds is 4. The summed E-state index contributed by atoms with van der Waals surface area (Å²) in [5, 5.41) is 2.96. The fourth-order valence-electron chi connectivity index (χ4n) is 2.95. The van der Waals surface area contributed by atoms with Crippen molar-refractivity contribution in [3.8, 4) is 0 Å². The molecule has 1 saturated heterocycles. The molecule has 2 N–H and O–H groups in total. The van der Waals surface area contributed by atoms with Gasteiger partial charge in [-0.05, 0) is 36.6 Å². The molecular formula is C18H19F2N3O2. The number of amides is 1. The zero-order chi connectivity index (χ0) is 17.8. The summed E-state index contributed by atoms with van der Waals surface area (Å²) in [7, 11) is 0. The number of hydrogen-bond donors (Lipinski definition) is 2. The van der Waals surface area contributed by atoms with Crippen molar-refractivity contribution in [1.29, 1.82) is 0 Å². The Morgan fingerprint density at radius 1 is 1.16 bits per heavy atom. The van der Waals surface area contributed by atoms with E-state index in [1.165, 1.54) is 24.4 Å². The lowest BCUT2D eigenvalue weighted by atomic mass is 10.0. The van der Waals surface area contributed by atoms with Gasteiger partial charge in [0.15, 0.2) is 11.6 Å². The van der Waals surface area contributed by atoms with E-state index in [0.29, 0.717) is 12.1 Å². The SMILES string of the molecule is O=C(NC1CCN(Cc2ccc(F)c(F)c2)CC1)c1ccc(=O)[nH]c1. The summed E-state index contributed by atoms with van der Waals surface area (Å²) >= 11 is 0. The van der Waals surface area contributed by atoms with Crippen LogP contribution in [-0.2, 0) is 6.54 Å². The number of nitrogens with one attached hydrogen (secondary N) is 2. The first-order valence-electron chi connectivity index (χ1n) is 8.17. The van der Waals surface area contributed by atoms with Crippen molar-refractivity contribution >= 4 is 5.91 Å². The molecule has 1 aliphatic heterocycles. The Labute approximate surface area is 143 Å². The quantitative estimate of drug-likeness (QED) is 0.890. The third-order valence-electron chi connectivity index (χ3n) is 4.36. The zero-order valence-electron chi connectivity index (χ0n) is 13.6. The Hall–Kier alpha value is -2.54. The first kappa shape index (κ1) is 17.3. The minimum absolute atomic E-state index is 0.0561. The van der Waals surface area contributed by atoms with Crippen LogP contribution in [0, 0.1) is 11.6 Å². The predicted octanol–water partition coefficient (Wildman–Crippen LogP) is 2.05. The van der Waals surface area contributed by atoms with Crippen molar-refractivity contribution in [2.45, 2.75) is 25.4 Å². The normalized spacial score (nSPS) is 15.9. The van der Waals surface area contributed by atoms with Crippen molar-refractivity contribution in [3.63, 3.8) is 0 Å². The van der Waals surface area contributed by atoms with Gasteiger partial charge in [0.25, 0.3) is 5.91 Å². The van der Waals surface area contributed by atoms with Gasteiger partial charge >= 0.3 is 0 Å². The van der Waals surface area contributed by atoms with Gasteiger partial charge < -0.3 is 10.3 Å². The Bertz CT molecular complexity index is 794. The number of pyridine rings is 1. The van der Waals surface area contributed by atoms with Gasteiger partial charge in [0.05, 0.1) is 5.56 Å². The number of H-pyrrole nitrogens is 1. The topological polar surface area (TPSA) is 65.2 Å². The summed E-state index contributed by atoms with van der Waals surface area (Å²) in [4.78, 5) is 27.8. The summed E-state index contributed by atoms with van der Waals surface area (Å²) in [6.45, 7) is 2.07. The number of halogens is 2. The lowest BCUT2D eigenvalue weighted by Crippen LogP contribution is -2.44. The molecular weight excluding hydrogens is 328 g/mol. The maximum Gasteiger partial charge on any atom is 0.252 e. The summed E-state index contributed by atoms with van der Waals surface area (Å²) in [5.74, 6) is -1.89. The van der Waals surface area contributed by atoms with Crippen molar-refractivity contribution in [2.75, 3.05) is 13.1 Å². The largest absolute Gasteiger partial charge is 0.349 e. The lowest BCUT2D eigenvalue weighted by molar-refractivity contribution is 0.0908. The summed E-state index contributed by atoms with van der Waals surface area (Å²) in [5.41, 5.74) is 0.903. The summed E-state index contributed by atoms with van der Waals surface area (Å²) in [6, 6.07) is 6.82. The third kappa shape index (κ3) is 4.51. The van der Waals surface area contributed by atoms with Crippen LogP contribution in [0.1, 0.15) is 28.8 Å². The van der Waals surface area contributed by atoms with Crippen LogP contribution in [0.5, 0.6) is 0 Å². The molecule has 0 saturated carbocycles. The molecule has 1 aromatic heterocycles. The molecule has 2 heterocycles. The number of aromatic amines is 1. The Morgan fingerprint density at radius 2 is 1.92 bits per heavy atom. The second-order valence-corrected chi connectivity index (χ2v) is 6.21. The van der Waals surface area contributed by atoms with E-state index in [0.717, 1.165) is 37.6 Å². The lowest BCUT2D eigenvalue weighted by Gasteiger charge is -2.32. The minimum atomic E-state index is -0.840. The number of benzene rings is 1. The van der Waals surface area contributed by atoms with Gasteiger partial charge in [-0.1, -0.05) is 6.07 Å². The fourth-order valence-corrected chi connectivity index (χ4v) is 2.95. The average Bonchev–Trinajstić information content (AvgIpc) is 2.60. The van der Waals surface area contributed by atoms with E-state index >= 15 is 0 Å². The summed E-state index contributed by atoms with van der Waals surface area (Å²) < 4.78 is 26.2. The molecule has 5 nitrogen and oxygen atoms in total. The van der Waals surface area contributed by atoms with E-state index in [1.807, 2.05) is 0 Å². The molecule has 1 aromatic carbocycles. The molecule has 0 bridgehead atoms. The molecule has 0 atom stereocenters. The number of hydrogen-bond acceptors (Lipinski definition) is 3. The highest BCUT2D eigenvalue weighted by Crippen LogP contribution is 2.16. The van der Waals surface area contributed by atoms with E-state index in [9.17, 15) is 18.4 Å². The number of carbonyl (C=O) groups is 1. The highest BCUT2D eigenvalue weighted by atomic mass is 19.2. The average molecular weight is 347 g/mol. The van der Waals surface area contributed by atoms with Gasteiger partial charge in [-0.2, -0.15) is 0 Å². The highest BCUT2D eigenvalue weighted by molar-refractivity contribution is 5.93. The van der Waals surface area contributed by atoms with E-state index in [4.69, 9.17) is 0 Å². The molecule has 2 aromatic rings. The smallest absolute Gasteiger partial charge is 0.252 e. The Balaban J connectivity index is 1.49. The van der Waals surface area contributed by atoms with Crippen LogP contribution in [-0.4, -0.2) is 34.9 Å².